The lowest BCUT2D eigenvalue weighted by Crippen LogP contribution is -2.59. The second-order valence-corrected chi connectivity index (χ2v) is 9.80. The quantitative estimate of drug-likeness (QED) is 0.803. The van der Waals surface area contributed by atoms with Crippen LogP contribution in [0.3, 0.4) is 0 Å². The van der Waals surface area contributed by atoms with Gasteiger partial charge in [0.05, 0.1) is 6.10 Å². The average molecular weight is 381 g/mol. The molecule has 7 heteroatoms. The molecule has 0 aromatic heterocycles. The maximum absolute atomic E-state index is 13.3. The van der Waals surface area contributed by atoms with E-state index in [-0.39, 0.29) is 11.9 Å². The first-order valence-electron chi connectivity index (χ1n) is 9.29. The summed E-state index contributed by atoms with van der Waals surface area (Å²) in [5, 5.41) is 13.7. The zero-order valence-corrected chi connectivity index (χ0v) is 16.0. The molecule has 1 aromatic carbocycles. The summed E-state index contributed by atoms with van der Waals surface area (Å²) in [6, 6.07) is 9.28. The number of aliphatic hydroxyl groups is 1. The van der Waals surface area contributed by atoms with Crippen LogP contribution in [-0.4, -0.2) is 61.0 Å². The minimum absolute atomic E-state index is 0.119. The third-order valence-corrected chi connectivity index (χ3v) is 7.83. The molecule has 0 bridgehead atoms. The topological polar surface area (TPSA) is 86.7 Å². The number of carbonyl (C=O) groups is 1. The van der Waals surface area contributed by atoms with Crippen molar-refractivity contribution in [2.24, 2.45) is 0 Å². The highest BCUT2D eigenvalue weighted by Crippen LogP contribution is 2.35. The van der Waals surface area contributed by atoms with Crippen molar-refractivity contribution in [3.8, 4) is 0 Å². The second kappa shape index (κ2) is 7.66. The molecular weight excluding hydrogens is 352 g/mol. The van der Waals surface area contributed by atoms with Gasteiger partial charge in [-0.25, -0.2) is 8.42 Å². The van der Waals surface area contributed by atoms with E-state index < -0.39 is 20.7 Å². The fourth-order valence-corrected chi connectivity index (χ4v) is 5.63. The van der Waals surface area contributed by atoms with Crippen LogP contribution in [0.5, 0.6) is 0 Å². The summed E-state index contributed by atoms with van der Waals surface area (Å²) >= 11 is 0. The predicted molar refractivity (Wildman–Crippen MR) is 100 cm³/mol. The lowest BCUT2D eigenvalue weighted by Gasteiger charge is -2.39. The number of rotatable bonds is 5. The number of likely N-dealkylation sites (tertiary alicyclic amines) is 1. The Bertz CT molecular complexity index is 729. The molecule has 2 aliphatic heterocycles. The van der Waals surface area contributed by atoms with Crippen LogP contribution in [0.2, 0.25) is 0 Å². The number of hydrogen-bond donors (Lipinski definition) is 2. The molecule has 26 heavy (non-hydrogen) atoms. The standard InChI is InChI=1S/C19H28N2O4S/c1-26(24,25)19(9-11-20-12-10-19)18(23)21-13-5-8-16(21)14-17(22)15-6-3-2-4-7-15/h2-4,6-7,16-17,20,22H,5,8-14H2,1H3. The van der Waals surface area contributed by atoms with Crippen molar-refractivity contribution >= 4 is 15.7 Å². The maximum atomic E-state index is 13.3. The molecule has 0 spiro atoms. The van der Waals surface area contributed by atoms with Crippen LogP contribution in [0.1, 0.15) is 43.8 Å². The summed E-state index contributed by atoms with van der Waals surface area (Å²) in [4.78, 5) is 15.1. The fourth-order valence-electron chi connectivity index (χ4n) is 4.25. The highest BCUT2D eigenvalue weighted by Gasteiger charge is 2.52. The first kappa shape index (κ1) is 19.3. The van der Waals surface area contributed by atoms with Crippen molar-refractivity contribution in [1.82, 2.24) is 10.2 Å². The van der Waals surface area contributed by atoms with Crippen LogP contribution in [0, 0.1) is 0 Å². The number of benzene rings is 1. The minimum Gasteiger partial charge on any atom is -0.388 e. The Balaban J connectivity index is 1.79. The lowest BCUT2D eigenvalue weighted by molar-refractivity contribution is -0.136. The molecule has 3 rings (SSSR count). The van der Waals surface area contributed by atoms with Crippen LogP contribution in [0.15, 0.2) is 30.3 Å². The first-order chi connectivity index (χ1) is 12.3. The smallest absolute Gasteiger partial charge is 0.244 e. The molecule has 0 radical (unpaired) electrons. The Morgan fingerprint density at radius 1 is 1.31 bits per heavy atom. The third kappa shape index (κ3) is 3.66. The molecule has 144 valence electrons. The first-order valence-corrected chi connectivity index (χ1v) is 11.2. The monoisotopic (exact) mass is 380 g/mol. The van der Waals surface area contributed by atoms with Gasteiger partial charge < -0.3 is 15.3 Å². The number of nitrogens with one attached hydrogen (secondary N) is 1. The Kier molecular flexibility index (Phi) is 5.69. The van der Waals surface area contributed by atoms with E-state index in [9.17, 15) is 18.3 Å². The van der Waals surface area contributed by atoms with Crippen molar-refractivity contribution < 1.29 is 18.3 Å². The van der Waals surface area contributed by atoms with Gasteiger partial charge in [0, 0.05) is 18.8 Å². The van der Waals surface area contributed by atoms with Crippen molar-refractivity contribution in [3.05, 3.63) is 35.9 Å². The number of hydrogen-bond acceptors (Lipinski definition) is 5. The summed E-state index contributed by atoms with van der Waals surface area (Å²) in [7, 11) is -3.52. The summed E-state index contributed by atoms with van der Waals surface area (Å²) in [6.07, 6.45) is 3.24. The van der Waals surface area contributed by atoms with E-state index in [1.807, 2.05) is 30.3 Å². The second-order valence-electron chi connectivity index (χ2n) is 7.47. The molecule has 2 aliphatic rings. The molecule has 6 nitrogen and oxygen atoms in total. The molecular formula is C19H28N2O4S. The summed E-state index contributed by atoms with van der Waals surface area (Å²) in [5.74, 6) is -0.274. The number of amides is 1. The van der Waals surface area contributed by atoms with Gasteiger partial charge in [-0.2, -0.15) is 0 Å². The van der Waals surface area contributed by atoms with Crippen molar-refractivity contribution in [2.75, 3.05) is 25.9 Å². The Morgan fingerprint density at radius 3 is 2.58 bits per heavy atom. The fraction of sp³-hybridized carbons (Fsp3) is 0.632. The van der Waals surface area contributed by atoms with Crippen LogP contribution >= 0.6 is 0 Å². The van der Waals surface area contributed by atoms with E-state index in [1.54, 1.807) is 4.90 Å². The van der Waals surface area contributed by atoms with Crippen molar-refractivity contribution in [2.45, 2.75) is 49.0 Å². The maximum Gasteiger partial charge on any atom is 0.244 e. The molecule has 2 heterocycles. The Morgan fingerprint density at radius 2 is 1.96 bits per heavy atom. The van der Waals surface area contributed by atoms with Gasteiger partial charge in [0.25, 0.3) is 0 Å². The number of carbonyl (C=O) groups excluding carboxylic acids is 1. The number of nitrogens with zero attached hydrogens (tertiary/aromatic N) is 1. The van der Waals surface area contributed by atoms with Gasteiger partial charge in [-0.05, 0) is 50.8 Å². The normalized spacial score (nSPS) is 24.4. The predicted octanol–water partition coefficient (Wildman–Crippen LogP) is 1.27. The molecule has 2 fully saturated rings. The van der Waals surface area contributed by atoms with Crippen LogP contribution in [0.25, 0.3) is 0 Å². The number of piperidine rings is 1. The highest BCUT2D eigenvalue weighted by molar-refractivity contribution is 7.92. The van der Waals surface area contributed by atoms with Gasteiger partial charge >= 0.3 is 0 Å². The van der Waals surface area contributed by atoms with Gasteiger partial charge in [-0.15, -0.1) is 0 Å². The molecule has 2 N–H and O–H groups in total. The summed E-state index contributed by atoms with van der Waals surface area (Å²) < 4.78 is 23.7. The van der Waals surface area contributed by atoms with E-state index in [0.717, 1.165) is 18.4 Å². The molecule has 0 aliphatic carbocycles. The SMILES string of the molecule is CS(=O)(=O)C1(C(=O)N2CCCC2CC(O)c2ccccc2)CCNCC1. The molecule has 2 atom stereocenters. The van der Waals surface area contributed by atoms with E-state index in [4.69, 9.17) is 0 Å². The average Bonchev–Trinajstić information content (AvgIpc) is 3.09. The zero-order chi connectivity index (χ0) is 18.8. The summed E-state index contributed by atoms with van der Waals surface area (Å²) in [5.41, 5.74) is 0.825. The zero-order valence-electron chi connectivity index (χ0n) is 15.2. The molecule has 1 aromatic rings. The molecule has 1 amide bonds. The van der Waals surface area contributed by atoms with Gasteiger partial charge in [0.2, 0.25) is 5.91 Å². The number of sulfone groups is 1. The van der Waals surface area contributed by atoms with E-state index in [1.165, 1.54) is 6.26 Å². The van der Waals surface area contributed by atoms with E-state index >= 15 is 0 Å². The largest absolute Gasteiger partial charge is 0.388 e. The number of aliphatic hydroxyl groups excluding tert-OH is 1. The Hall–Kier alpha value is -1.44. The van der Waals surface area contributed by atoms with Crippen LogP contribution in [-0.2, 0) is 14.6 Å². The minimum atomic E-state index is -3.52. The lowest BCUT2D eigenvalue weighted by atomic mass is 9.94. The van der Waals surface area contributed by atoms with Crippen LogP contribution in [0.4, 0.5) is 0 Å². The van der Waals surface area contributed by atoms with E-state index in [0.29, 0.717) is 38.9 Å². The van der Waals surface area contributed by atoms with Crippen molar-refractivity contribution in [3.63, 3.8) is 0 Å². The summed E-state index contributed by atoms with van der Waals surface area (Å²) in [6.45, 7) is 1.63. The third-order valence-electron chi connectivity index (χ3n) is 5.83. The Labute approximate surface area is 155 Å². The van der Waals surface area contributed by atoms with Gasteiger partial charge in [-0.1, -0.05) is 30.3 Å². The van der Waals surface area contributed by atoms with Gasteiger partial charge in [0.1, 0.15) is 0 Å². The molecule has 0 saturated carbocycles. The van der Waals surface area contributed by atoms with Crippen molar-refractivity contribution in [1.29, 1.82) is 0 Å². The van der Waals surface area contributed by atoms with Gasteiger partial charge in [0.15, 0.2) is 14.6 Å². The van der Waals surface area contributed by atoms with Gasteiger partial charge in [-0.3, -0.25) is 4.79 Å². The van der Waals surface area contributed by atoms with E-state index in [2.05, 4.69) is 5.32 Å². The molecule has 2 saturated heterocycles. The van der Waals surface area contributed by atoms with Crippen LogP contribution < -0.4 is 5.32 Å². The highest BCUT2D eigenvalue weighted by atomic mass is 32.2. The molecule has 2 unspecified atom stereocenters.